The molecule has 3 aromatic rings. The van der Waals surface area contributed by atoms with Crippen molar-refractivity contribution in [1.82, 2.24) is 25.9 Å². The van der Waals surface area contributed by atoms with Crippen LogP contribution >= 0.6 is 0 Å². The first-order valence-corrected chi connectivity index (χ1v) is 14.6. The molecule has 11 nitrogen and oxygen atoms in total. The average Bonchev–Trinajstić information content (AvgIpc) is 3.52. The van der Waals surface area contributed by atoms with Gasteiger partial charge in [-0.3, -0.25) is 0 Å². The Hall–Kier alpha value is -3.41. The smallest absolute Gasteiger partial charge is 0.263 e. The van der Waals surface area contributed by atoms with Crippen LogP contribution in [0, 0.1) is 0 Å². The summed E-state index contributed by atoms with van der Waals surface area (Å²) in [5.74, 6) is 2.62. The van der Waals surface area contributed by atoms with E-state index in [1.165, 1.54) is 5.56 Å². The maximum atomic E-state index is 6.65. The van der Waals surface area contributed by atoms with Crippen molar-refractivity contribution < 1.29 is 18.9 Å². The highest BCUT2D eigenvalue weighted by atomic mass is 16.5. The Balaban J connectivity index is 1.22. The summed E-state index contributed by atoms with van der Waals surface area (Å²) in [4.78, 5) is 2.39. The largest absolute Gasteiger partial charge is 0.497 e. The van der Waals surface area contributed by atoms with Gasteiger partial charge in [-0.2, -0.15) is 5.21 Å². The van der Waals surface area contributed by atoms with Crippen LogP contribution in [0.25, 0.3) is 0 Å². The molecule has 222 valence electrons. The monoisotopic (exact) mass is 565 g/mol. The maximum Gasteiger partial charge on any atom is 0.263 e. The van der Waals surface area contributed by atoms with E-state index < -0.39 is 0 Å². The van der Waals surface area contributed by atoms with E-state index in [1.54, 1.807) is 14.2 Å². The molecule has 1 saturated heterocycles. The molecule has 2 aliphatic rings. The molecule has 3 heterocycles. The molecular weight excluding hydrogens is 522 g/mol. The first kappa shape index (κ1) is 29.1. The van der Waals surface area contributed by atoms with E-state index in [-0.39, 0.29) is 18.1 Å². The lowest BCUT2D eigenvalue weighted by atomic mass is 9.82. The third-order valence-corrected chi connectivity index (χ3v) is 8.03. The van der Waals surface area contributed by atoms with E-state index >= 15 is 0 Å². The number of anilines is 2. The number of aromatic nitrogens is 4. The zero-order chi connectivity index (χ0) is 28.4. The van der Waals surface area contributed by atoms with Crippen LogP contribution in [0.3, 0.4) is 0 Å². The normalized spacial score (nSPS) is 21.1. The second-order valence-electron chi connectivity index (χ2n) is 10.9. The maximum absolute atomic E-state index is 6.65. The van der Waals surface area contributed by atoms with Crippen molar-refractivity contribution in [3.05, 3.63) is 53.6 Å². The minimum absolute atomic E-state index is 0.0552. The fourth-order valence-corrected chi connectivity index (χ4v) is 5.77. The highest BCUT2D eigenvalue weighted by molar-refractivity contribution is 5.61. The van der Waals surface area contributed by atoms with Crippen LogP contribution in [0.15, 0.2) is 42.5 Å². The number of ether oxygens (including phenoxy) is 4. The first-order chi connectivity index (χ1) is 20.1. The SMILES string of the molecule is COCCCN1CCOc2ccc(CO[C@H]3CNC(CC[C@H](C)Nc4nn[nH]n4)CC3c3ccc(OC)cc3)cc21. The van der Waals surface area contributed by atoms with Crippen LogP contribution < -0.4 is 25.0 Å². The number of benzene rings is 2. The number of methoxy groups -OCH3 is 2. The number of hydrogen-bond donors (Lipinski definition) is 3. The number of H-pyrrole nitrogens is 1. The number of hydrogen-bond acceptors (Lipinski definition) is 10. The Labute approximate surface area is 242 Å². The van der Waals surface area contributed by atoms with Gasteiger partial charge < -0.3 is 34.5 Å². The second kappa shape index (κ2) is 14.5. The molecule has 0 bridgehead atoms. The van der Waals surface area contributed by atoms with E-state index in [2.05, 4.69) is 73.4 Å². The van der Waals surface area contributed by atoms with Crippen LogP contribution in [0.2, 0.25) is 0 Å². The van der Waals surface area contributed by atoms with Crippen molar-refractivity contribution in [3.8, 4) is 11.5 Å². The minimum atomic E-state index is 0.0552. The number of tetrazole rings is 1. The molecule has 3 N–H and O–H groups in total. The van der Waals surface area contributed by atoms with E-state index in [0.29, 0.717) is 25.2 Å². The Bertz CT molecular complexity index is 1190. The average molecular weight is 566 g/mol. The number of rotatable bonds is 14. The number of nitrogens with one attached hydrogen (secondary N) is 3. The van der Waals surface area contributed by atoms with Gasteiger partial charge in [0.2, 0.25) is 0 Å². The Morgan fingerprint density at radius 1 is 1.17 bits per heavy atom. The number of fused-ring (bicyclic) bond motifs is 1. The lowest BCUT2D eigenvalue weighted by molar-refractivity contribution is 0.00207. The molecule has 0 saturated carbocycles. The molecule has 2 unspecified atom stereocenters. The summed E-state index contributed by atoms with van der Waals surface area (Å²) in [5, 5.41) is 21.2. The molecule has 5 rings (SSSR count). The lowest BCUT2D eigenvalue weighted by Gasteiger charge is -2.38. The molecule has 1 aromatic heterocycles. The van der Waals surface area contributed by atoms with Crippen molar-refractivity contribution in [2.45, 2.75) is 63.3 Å². The predicted molar refractivity (Wildman–Crippen MR) is 158 cm³/mol. The van der Waals surface area contributed by atoms with Gasteiger partial charge in [0.1, 0.15) is 18.1 Å². The summed E-state index contributed by atoms with van der Waals surface area (Å²) >= 11 is 0. The summed E-state index contributed by atoms with van der Waals surface area (Å²) < 4.78 is 23.3. The molecule has 0 amide bonds. The summed E-state index contributed by atoms with van der Waals surface area (Å²) in [6.07, 6.45) is 4.07. The Morgan fingerprint density at radius 2 is 2.05 bits per heavy atom. The van der Waals surface area contributed by atoms with E-state index in [4.69, 9.17) is 18.9 Å². The molecule has 0 radical (unpaired) electrons. The fraction of sp³-hybridized carbons (Fsp3) is 0.567. The fourth-order valence-electron chi connectivity index (χ4n) is 5.77. The first-order valence-electron chi connectivity index (χ1n) is 14.6. The van der Waals surface area contributed by atoms with Crippen LogP contribution in [0.4, 0.5) is 11.6 Å². The van der Waals surface area contributed by atoms with Gasteiger partial charge in [0.25, 0.3) is 5.95 Å². The van der Waals surface area contributed by atoms with Gasteiger partial charge in [-0.05, 0) is 73.2 Å². The number of piperidine rings is 1. The molecule has 11 heteroatoms. The van der Waals surface area contributed by atoms with Crippen molar-refractivity contribution in [2.24, 2.45) is 0 Å². The quantitative estimate of drug-likeness (QED) is 0.249. The molecule has 0 aliphatic carbocycles. The number of nitrogens with zero attached hydrogens (tertiary/aromatic N) is 4. The third kappa shape index (κ3) is 7.87. The molecule has 2 aliphatic heterocycles. The van der Waals surface area contributed by atoms with E-state index in [0.717, 1.165) is 74.7 Å². The van der Waals surface area contributed by atoms with Crippen LogP contribution in [-0.4, -0.2) is 85.9 Å². The van der Waals surface area contributed by atoms with Crippen LogP contribution in [0.1, 0.15) is 49.7 Å². The van der Waals surface area contributed by atoms with E-state index in [9.17, 15) is 0 Å². The van der Waals surface area contributed by atoms with Gasteiger partial charge in [0, 0.05) is 44.8 Å². The molecule has 4 atom stereocenters. The molecule has 41 heavy (non-hydrogen) atoms. The van der Waals surface area contributed by atoms with Gasteiger partial charge in [-0.1, -0.05) is 23.3 Å². The van der Waals surface area contributed by atoms with Gasteiger partial charge in [-0.15, -0.1) is 5.10 Å². The van der Waals surface area contributed by atoms with E-state index in [1.807, 2.05) is 12.1 Å². The van der Waals surface area contributed by atoms with Crippen LogP contribution in [0.5, 0.6) is 11.5 Å². The van der Waals surface area contributed by atoms with Gasteiger partial charge in [0.05, 0.1) is 32.1 Å². The topological polar surface area (TPSA) is 119 Å². The van der Waals surface area contributed by atoms with Crippen molar-refractivity contribution in [1.29, 1.82) is 0 Å². The summed E-state index contributed by atoms with van der Waals surface area (Å²) in [5.41, 5.74) is 3.58. The predicted octanol–water partition coefficient (Wildman–Crippen LogP) is 3.76. The molecule has 2 aromatic carbocycles. The lowest BCUT2D eigenvalue weighted by Crippen LogP contribution is -2.47. The highest BCUT2D eigenvalue weighted by Gasteiger charge is 2.32. The van der Waals surface area contributed by atoms with Gasteiger partial charge in [0.15, 0.2) is 0 Å². The Kier molecular flexibility index (Phi) is 10.3. The zero-order valence-electron chi connectivity index (χ0n) is 24.3. The van der Waals surface area contributed by atoms with Gasteiger partial charge in [-0.25, -0.2) is 0 Å². The second-order valence-corrected chi connectivity index (χ2v) is 10.9. The van der Waals surface area contributed by atoms with Crippen LogP contribution in [-0.2, 0) is 16.1 Å². The van der Waals surface area contributed by atoms with Gasteiger partial charge >= 0.3 is 0 Å². The summed E-state index contributed by atoms with van der Waals surface area (Å²) in [6, 6.07) is 15.5. The zero-order valence-corrected chi connectivity index (χ0v) is 24.3. The van der Waals surface area contributed by atoms with Crippen molar-refractivity contribution >= 4 is 11.6 Å². The standard InChI is InChI=1S/C30H43N7O4/c1-21(32-30-33-35-36-34-30)5-9-24-18-26(23-7-10-25(39-3)11-8-23)29(19-31-24)41-20-22-6-12-28-27(17-22)37(14-16-40-28)13-4-15-38-2/h6-8,10-12,17,21,24,26,29,31H,4-5,9,13-16,18-20H2,1-3H3,(H2,32,33,34,35,36)/t21-,24?,26?,29-/m0/s1. The molecule has 0 spiro atoms. The molecular formula is C30H43N7O4. The van der Waals surface area contributed by atoms with Crippen molar-refractivity contribution in [2.75, 3.05) is 57.3 Å². The minimum Gasteiger partial charge on any atom is -0.497 e. The highest BCUT2D eigenvalue weighted by Crippen LogP contribution is 2.35. The third-order valence-electron chi connectivity index (χ3n) is 8.03. The molecule has 1 fully saturated rings. The summed E-state index contributed by atoms with van der Waals surface area (Å²) in [6.45, 7) is 6.80. The Morgan fingerprint density at radius 3 is 2.83 bits per heavy atom. The summed E-state index contributed by atoms with van der Waals surface area (Å²) in [7, 11) is 3.45. The number of aromatic amines is 1. The van der Waals surface area contributed by atoms with Crippen molar-refractivity contribution in [3.63, 3.8) is 0 Å².